The highest BCUT2D eigenvalue weighted by atomic mass is 32.1. The van der Waals surface area contributed by atoms with Crippen molar-refractivity contribution in [2.24, 2.45) is 12.8 Å². The molecule has 2 heterocycles. The Kier molecular flexibility index (Phi) is 3.69. The van der Waals surface area contributed by atoms with E-state index < -0.39 is 0 Å². The number of aryl methyl sites for hydroxylation is 2. The summed E-state index contributed by atoms with van der Waals surface area (Å²) in [4.78, 5) is 4.60. The van der Waals surface area contributed by atoms with Crippen LogP contribution in [0.15, 0.2) is 17.6 Å². The molecule has 2 rings (SSSR count). The van der Waals surface area contributed by atoms with E-state index in [0.717, 1.165) is 37.2 Å². The molecule has 0 spiro atoms. The number of rotatable bonds is 5. The molecule has 0 atom stereocenters. The third-order valence-electron chi connectivity index (χ3n) is 2.48. The zero-order chi connectivity index (χ0) is 11.4. The second-order valence-corrected chi connectivity index (χ2v) is 4.65. The van der Waals surface area contributed by atoms with E-state index in [1.807, 2.05) is 17.8 Å². The lowest BCUT2D eigenvalue weighted by atomic mass is 10.2. The number of aromatic nitrogens is 3. The van der Waals surface area contributed by atoms with E-state index in [4.69, 9.17) is 5.73 Å². The van der Waals surface area contributed by atoms with Gasteiger partial charge in [0.1, 0.15) is 0 Å². The number of hydrogen-bond donors (Lipinski definition) is 1. The molecule has 2 aromatic heterocycles. The van der Waals surface area contributed by atoms with Crippen LogP contribution in [0.1, 0.15) is 17.8 Å². The number of thiazole rings is 1. The minimum Gasteiger partial charge on any atom is -0.330 e. The number of nitrogens with two attached hydrogens (primary N) is 1. The molecule has 0 bridgehead atoms. The molecule has 0 saturated heterocycles. The van der Waals surface area contributed by atoms with Crippen LogP contribution in [0, 0.1) is 0 Å². The fraction of sp³-hybridized carbons (Fsp3) is 0.455. The van der Waals surface area contributed by atoms with Gasteiger partial charge in [-0.15, -0.1) is 11.3 Å². The first-order chi connectivity index (χ1) is 7.81. The van der Waals surface area contributed by atoms with Crippen LogP contribution < -0.4 is 5.73 Å². The number of unbranched alkanes of at least 4 members (excludes halogenated alkanes) is 1. The average Bonchev–Trinajstić information content (AvgIpc) is 2.87. The Morgan fingerprint density at radius 3 is 3.00 bits per heavy atom. The Hall–Kier alpha value is -1.20. The van der Waals surface area contributed by atoms with Gasteiger partial charge in [0, 0.05) is 18.6 Å². The molecule has 16 heavy (non-hydrogen) atoms. The standard InChI is InChI=1S/C11H16N4S/c1-15-10(5-7-13-15)9-8-16-11(14-9)4-2-3-6-12/h5,7-8H,2-4,6,12H2,1H3. The zero-order valence-electron chi connectivity index (χ0n) is 9.39. The molecule has 5 heteroatoms. The Morgan fingerprint density at radius 1 is 1.44 bits per heavy atom. The fourth-order valence-corrected chi connectivity index (χ4v) is 2.42. The first-order valence-electron chi connectivity index (χ1n) is 5.44. The molecule has 2 aromatic rings. The van der Waals surface area contributed by atoms with Gasteiger partial charge in [-0.25, -0.2) is 4.98 Å². The van der Waals surface area contributed by atoms with E-state index in [-0.39, 0.29) is 0 Å². The SMILES string of the molecule is Cn1nccc1-c1csc(CCCCN)n1. The summed E-state index contributed by atoms with van der Waals surface area (Å²) in [5, 5.41) is 7.42. The van der Waals surface area contributed by atoms with E-state index in [2.05, 4.69) is 15.5 Å². The van der Waals surface area contributed by atoms with Crippen molar-refractivity contribution in [2.45, 2.75) is 19.3 Å². The highest BCUT2D eigenvalue weighted by molar-refractivity contribution is 7.09. The van der Waals surface area contributed by atoms with Crippen molar-refractivity contribution in [3.63, 3.8) is 0 Å². The molecule has 0 aromatic carbocycles. The van der Waals surface area contributed by atoms with Gasteiger partial charge in [0.2, 0.25) is 0 Å². The van der Waals surface area contributed by atoms with Crippen LogP contribution in [0.25, 0.3) is 11.4 Å². The first-order valence-corrected chi connectivity index (χ1v) is 6.32. The van der Waals surface area contributed by atoms with Crippen LogP contribution in [0.5, 0.6) is 0 Å². The summed E-state index contributed by atoms with van der Waals surface area (Å²) in [6.07, 6.45) is 5.01. The molecular weight excluding hydrogens is 220 g/mol. The van der Waals surface area contributed by atoms with Gasteiger partial charge < -0.3 is 5.73 Å². The molecule has 2 N–H and O–H groups in total. The quantitative estimate of drug-likeness (QED) is 0.806. The number of hydrogen-bond acceptors (Lipinski definition) is 4. The lowest BCUT2D eigenvalue weighted by Crippen LogP contribution is -1.99. The van der Waals surface area contributed by atoms with Gasteiger partial charge in [-0.3, -0.25) is 4.68 Å². The summed E-state index contributed by atoms with van der Waals surface area (Å²) >= 11 is 1.71. The lowest BCUT2D eigenvalue weighted by molar-refractivity contribution is 0.740. The normalized spacial score (nSPS) is 10.9. The predicted octanol–water partition coefficient (Wildman–Crippen LogP) is 1.82. The van der Waals surface area contributed by atoms with Crippen molar-refractivity contribution in [3.8, 4) is 11.4 Å². The van der Waals surface area contributed by atoms with E-state index >= 15 is 0 Å². The molecule has 86 valence electrons. The van der Waals surface area contributed by atoms with Gasteiger partial charge in [0.05, 0.1) is 16.4 Å². The summed E-state index contributed by atoms with van der Waals surface area (Å²) in [6.45, 7) is 0.764. The van der Waals surface area contributed by atoms with Crippen LogP contribution >= 0.6 is 11.3 Å². The molecule has 0 saturated carbocycles. The minimum absolute atomic E-state index is 0.764. The largest absolute Gasteiger partial charge is 0.330 e. The third-order valence-corrected chi connectivity index (χ3v) is 3.39. The maximum atomic E-state index is 5.47. The summed E-state index contributed by atoms with van der Waals surface area (Å²) in [6, 6.07) is 1.98. The van der Waals surface area contributed by atoms with Gasteiger partial charge in [0.15, 0.2) is 0 Å². The molecule has 0 aliphatic carbocycles. The summed E-state index contributed by atoms with van der Waals surface area (Å²) in [5.74, 6) is 0. The van der Waals surface area contributed by atoms with Crippen LogP contribution in [0.2, 0.25) is 0 Å². The van der Waals surface area contributed by atoms with Gasteiger partial charge in [-0.2, -0.15) is 5.10 Å². The van der Waals surface area contributed by atoms with Crippen molar-refractivity contribution >= 4 is 11.3 Å². The smallest absolute Gasteiger partial charge is 0.0995 e. The van der Waals surface area contributed by atoms with E-state index in [0.29, 0.717) is 0 Å². The average molecular weight is 236 g/mol. The molecule has 0 unspecified atom stereocenters. The maximum Gasteiger partial charge on any atom is 0.0995 e. The highest BCUT2D eigenvalue weighted by Gasteiger charge is 2.07. The van der Waals surface area contributed by atoms with Crippen LogP contribution in [0.4, 0.5) is 0 Å². The zero-order valence-corrected chi connectivity index (χ0v) is 10.2. The maximum absolute atomic E-state index is 5.47. The van der Waals surface area contributed by atoms with E-state index in [1.54, 1.807) is 17.5 Å². The van der Waals surface area contributed by atoms with Crippen molar-refractivity contribution < 1.29 is 0 Å². The molecule has 4 nitrogen and oxygen atoms in total. The summed E-state index contributed by atoms with van der Waals surface area (Å²) in [7, 11) is 1.93. The van der Waals surface area contributed by atoms with Crippen molar-refractivity contribution in [3.05, 3.63) is 22.7 Å². The molecule has 0 aliphatic heterocycles. The second-order valence-electron chi connectivity index (χ2n) is 3.71. The monoisotopic (exact) mass is 236 g/mol. The summed E-state index contributed by atoms with van der Waals surface area (Å²) < 4.78 is 1.85. The van der Waals surface area contributed by atoms with Crippen molar-refractivity contribution in [1.29, 1.82) is 0 Å². The second kappa shape index (κ2) is 5.23. The highest BCUT2D eigenvalue weighted by Crippen LogP contribution is 2.21. The Morgan fingerprint density at radius 2 is 2.31 bits per heavy atom. The van der Waals surface area contributed by atoms with Crippen molar-refractivity contribution in [2.75, 3.05) is 6.54 Å². The Labute approximate surface area is 99.1 Å². The Balaban J connectivity index is 2.05. The van der Waals surface area contributed by atoms with Crippen LogP contribution in [0.3, 0.4) is 0 Å². The van der Waals surface area contributed by atoms with E-state index in [9.17, 15) is 0 Å². The van der Waals surface area contributed by atoms with Crippen LogP contribution in [-0.2, 0) is 13.5 Å². The number of nitrogens with zero attached hydrogens (tertiary/aromatic N) is 3. The van der Waals surface area contributed by atoms with E-state index in [1.165, 1.54) is 5.01 Å². The Bertz CT molecular complexity index is 446. The van der Waals surface area contributed by atoms with Gasteiger partial charge in [0.25, 0.3) is 0 Å². The first kappa shape index (κ1) is 11.3. The summed E-state index contributed by atoms with van der Waals surface area (Å²) in [5.41, 5.74) is 7.56. The minimum atomic E-state index is 0.764. The third kappa shape index (κ3) is 2.48. The fourth-order valence-electron chi connectivity index (χ4n) is 1.59. The molecular formula is C11H16N4S. The molecule has 0 amide bonds. The molecule has 0 radical (unpaired) electrons. The van der Waals surface area contributed by atoms with Gasteiger partial charge >= 0.3 is 0 Å². The molecule has 0 aliphatic rings. The predicted molar refractivity (Wildman–Crippen MR) is 66.3 cm³/mol. The van der Waals surface area contributed by atoms with Crippen molar-refractivity contribution in [1.82, 2.24) is 14.8 Å². The molecule has 0 fully saturated rings. The van der Waals surface area contributed by atoms with Crippen LogP contribution in [-0.4, -0.2) is 21.3 Å². The lowest BCUT2D eigenvalue weighted by Gasteiger charge is -1.96. The van der Waals surface area contributed by atoms with Gasteiger partial charge in [-0.05, 0) is 31.9 Å². The van der Waals surface area contributed by atoms with Gasteiger partial charge in [-0.1, -0.05) is 0 Å². The topological polar surface area (TPSA) is 56.7 Å².